The maximum absolute atomic E-state index is 13.1. The van der Waals surface area contributed by atoms with Gasteiger partial charge in [0.2, 0.25) is 0 Å². The molecule has 0 aliphatic carbocycles. The third-order valence-corrected chi connectivity index (χ3v) is 4.74. The predicted molar refractivity (Wildman–Crippen MR) is 83.6 cm³/mol. The number of azide groups is 1. The molecule has 0 aromatic heterocycles. The third-order valence-electron chi connectivity index (χ3n) is 2.51. The van der Waals surface area contributed by atoms with Crippen molar-refractivity contribution in [2.45, 2.75) is 13.8 Å². The SMILES string of the molecule is C=C/C(N=[N+]=[N-])=C(/c1ccccc1)P(=O)(OCC)OCC. The van der Waals surface area contributed by atoms with Gasteiger partial charge in [-0.05, 0) is 24.9 Å². The van der Waals surface area contributed by atoms with Crippen molar-refractivity contribution in [1.82, 2.24) is 0 Å². The van der Waals surface area contributed by atoms with Gasteiger partial charge in [-0.2, -0.15) is 0 Å². The first-order valence-corrected chi connectivity index (χ1v) is 8.04. The summed E-state index contributed by atoms with van der Waals surface area (Å²) >= 11 is 0. The van der Waals surface area contributed by atoms with Crippen LogP contribution in [0.4, 0.5) is 0 Å². The minimum Gasteiger partial charge on any atom is -0.305 e. The molecule has 0 saturated heterocycles. The molecule has 7 heteroatoms. The van der Waals surface area contributed by atoms with Gasteiger partial charge in [0.25, 0.3) is 0 Å². The van der Waals surface area contributed by atoms with Crippen LogP contribution in [0.15, 0.2) is 53.8 Å². The van der Waals surface area contributed by atoms with Gasteiger partial charge in [0.1, 0.15) is 0 Å². The molecule has 0 aliphatic heterocycles. The summed E-state index contributed by atoms with van der Waals surface area (Å²) < 4.78 is 23.8. The Balaban J connectivity index is 3.62. The van der Waals surface area contributed by atoms with Crippen LogP contribution in [0, 0.1) is 0 Å². The van der Waals surface area contributed by atoms with E-state index in [0.717, 1.165) is 0 Å². The molecule has 6 nitrogen and oxygen atoms in total. The molecule has 1 aromatic carbocycles. The zero-order valence-electron chi connectivity index (χ0n) is 12.1. The maximum atomic E-state index is 13.1. The summed E-state index contributed by atoms with van der Waals surface area (Å²) in [6, 6.07) is 8.89. The Hall–Kier alpha value is -1.84. The number of nitrogens with zero attached hydrogens (tertiary/aromatic N) is 3. The molecule has 0 heterocycles. The number of allylic oxidation sites excluding steroid dienone is 1. The first kappa shape index (κ1) is 17.2. The number of hydrogen-bond acceptors (Lipinski definition) is 4. The van der Waals surface area contributed by atoms with Gasteiger partial charge in [-0.25, -0.2) is 0 Å². The van der Waals surface area contributed by atoms with Crippen molar-refractivity contribution >= 4 is 12.9 Å². The maximum Gasteiger partial charge on any atom is 0.362 e. The fraction of sp³-hybridized carbons (Fsp3) is 0.286. The van der Waals surface area contributed by atoms with Gasteiger partial charge in [0, 0.05) is 4.91 Å². The quantitative estimate of drug-likeness (QED) is 0.220. The van der Waals surface area contributed by atoms with Crippen LogP contribution in [0.25, 0.3) is 15.8 Å². The zero-order valence-corrected chi connectivity index (χ0v) is 13.0. The van der Waals surface area contributed by atoms with Crippen LogP contribution in [0.3, 0.4) is 0 Å². The van der Waals surface area contributed by atoms with Crippen molar-refractivity contribution in [2.24, 2.45) is 5.11 Å². The zero-order chi connectivity index (χ0) is 15.7. The van der Waals surface area contributed by atoms with Crippen molar-refractivity contribution in [3.63, 3.8) is 0 Å². The second-order valence-corrected chi connectivity index (χ2v) is 5.79. The van der Waals surface area contributed by atoms with Crippen molar-refractivity contribution in [2.75, 3.05) is 13.2 Å². The average Bonchev–Trinajstić information content (AvgIpc) is 2.48. The van der Waals surface area contributed by atoms with Gasteiger partial charge < -0.3 is 9.05 Å². The molecular weight excluding hydrogens is 289 g/mol. The molecule has 112 valence electrons. The van der Waals surface area contributed by atoms with Gasteiger partial charge in [-0.3, -0.25) is 4.57 Å². The van der Waals surface area contributed by atoms with Gasteiger partial charge in [-0.1, -0.05) is 48.1 Å². The first-order chi connectivity index (χ1) is 10.1. The largest absolute Gasteiger partial charge is 0.362 e. The number of rotatable bonds is 8. The Kier molecular flexibility index (Phi) is 6.92. The normalized spacial score (nSPS) is 12.3. The number of benzene rings is 1. The van der Waals surface area contributed by atoms with Gasteiger partial charge in [-0.15, -0.1) is 0 Å². The molecule has 0 unspecified atom stereocenters. The van der Waals surface area contributed by atoms with E-state index in [0.29, 0.717) is 5.56 Å². The fourth-order valence-corrected chi connectivity index (χ4v) is 3.68. The highest BCUT2D eigenvalue weighted by Crippen LogP contribution is 2.61. The summed E-state index contributed by atoms with van der Waals surface area (Å²) in [4.78, 5) is 2.75. The Morgan fingerprint density at radius 2 is 1.90 bits per heavy atom. The van der Waals surface area contributed by atoms with E-state index in [1.165, 1.54) is 6.08 Å². The van der Waals surface area contributed by atoms with E-state index in [9.17, 15) is 4.57 Å². The summed E-state index contributed by atoms with van der Waals surface area (Å²) in [5.41, 5.74) is 9.43. The van der Waals surface area contributed by atoms with E-state index in [1.54, 1.807) is 38.1 Å². The second kappa shape index (κ2) is 8.45. The van der Waals surface area contributed by atoms with E-state index in [4.69, 9.17) is 14.6 Å². The summed E-state index contributed by atoms with van der Waals surface area (Å²) in [6.45, 7) is 7.45. The van der Waals surface area contributed by atoms with Crippen LogP contribution < -0.4 is 0 Å². The highest BCUT2D eigenvalue weighted by Gasteiger charge is 2.32. The lowest BCUT2D eigenvalue weighted by Crippen LogP contribution is -2.00. The van der Waals surface area contributed by atoms with Crippen molar-refractivity contribution in [1.29, 1.82) is 0 Å². The predicted octanol–water partition coefficient (Wildman–Crippen LogP) is 5.12. The molecule has 21 heavy (non-hydrogen) atoms. The van der Waals surface area contributed by atoms with E-state index in [1.807, 2.05) is 6.07 Å². The highest BCUT2D eigenvalue weighted by atomic mass is 31.2. The third kappa shape index (κ3) is 4.31. The molecule has 0 N–H and O–H groups in total. The van der Waals surface area contributed by atoms with Crippen molar-refractivity contribution < 1.29 is 13.6 Å². The lowest BCUT2D eigenvalue weighted by molar-refractivity contribution is 0.230. The Morgan fingerprint density at radius 3 is 2.33 bits per heavy atom. The van der Waals surface area contributed by atoms with Crippen LogP contribution in [-0.4, -0.2) is 13.2 Å². The van der Waals surface area contributed by atoms with Gasteiger partial charge in [0.15, 0.2) is 0 Å². The van der Waals surface area contributed by atoms with Crippen LogP contribution in [0.5, 0.6) is 0 Å². The summed E-state index contributed by atoms with van der Waals surface area (Å²) in [7, 11) is -3.61. The van der Waals surface area contributed by atoms with Crippen LogP contribution in [0.2, 0.25) is 0 Å². The van der Waals surface area contributed by atoms with Gasteiger partial charge >= 0.3 is 7.60 Å². The van der Waals surface area contributed by atoms with E-state index >= 15 is 0 Å². The Morgan fingerprint density at radius 1 is 1.33 bits per heavy atom. The molecule has 0 amide bonds. The van der Waals surface area contributed by atoms with Crippen molar-refractivity contribution in [3.05, 3.63) is 64.7 Å². The van der Waals surface area contributed by atoms with Crippen LogP contribution in [0.1, 0.15) is 19.4 Å². The second-order valence-electron chi connectivity index (χ2n) is 3.83. The van der Waals surface area contributed by atoms with Crippen LogP contribution >= 0.6 is 7.60 Å². The molecule has 0 bridgehead atoms. The molecule has 1 aromatic rings. The lowest BCUT2D eigenvalue weighted by Gasteiger charge is -2.21. The molecule has 0 aliphatic rings. The minimum atomic E-state index is -3.61. The summed E-state index contributed by atoms with van der Waals surface area (Å²) in [6.07, 6.45) is 1.34. The molecule has 0 saturated carbocycles. The molecule has 0 radical (unpaired) electrons. The topological polar surface area (TPSA) is 84.3 Å². The smallest absolute Gasteiger partial charge is 0.305 e. The average molecular weight is 307 g/mol. The molecular formula is C14H18N3O3P. The Bertz CT molecular complexity index is 597. The van der Waals surface area contributed by atoms with E-state index < -0.39 is 7.60 Å². The van der Waals surface area contributed by atoms with Crippen LogP contribution in [-0.2, 0) is 13.6 Å². The van der Waals surface area contributed by atoms with E-state index in [-0.39, 0.29) is 24.2 Å². The Labute approximate surface area is 124 Å². The number of hydrogen-bond donors (Lipinski definition) is 0. The summed E-state index contributed by atoms with van der Waals surface area (Å²) in [5.74, 6) is 0. The monoisotopic (exact) mass is 307 g/mol. The standard InChI is InChI=1S/C14H18N3O3P/c1-4-13(16-17-15)14(12-10-8-7-9-11-12)21(18,19-5-2)20-6-3/h4,7-11H,1,5-6H2,2-3H3/b14-13+. The molecule has 0 fully saturated rings. The van der Waals surface area contributed by atoms with E-state index in [2.05, 4.69) is 16.6 Å². The molecule has 0 atom stereocenters. The minimum absolute atomic E-state index is 0.133. The molecule has 0 spiro atoms. The fourth-order valence-electron chi connectivity index (χ4n) is 1.78. The molecule has 1 rings (SSSR count). The highest BCUT2D eigenvalue weighted by molar-refractivity contribution is 7.65. The lowest BCUT2D eigenvalue weighted by atomic mass is 10.2. The first-order valence-electron chi connectivity index (χ1n) is 6.49. The van der Waals surface area contributed by atoms with Crippen molar-refractivity contribution in [3.8, 4) is 0 Å². The summed E-state index contributed by atoms with van der Waals surface area (Å²) in [5, 5.41) is 3.78. The van der Waals surface area contributed by atoms with Gasteiger partial charge in [0.05, 0.1) is 24.2 Å².